The van der Waals surface area contributed by atoms with Crippen LogP contribution < -0.4 is 15.4 Å². The molecule has 250 valence electrons. The van der Waals surface area contributed by atoms with Crippen LogP contribution in [0.2, 0.25) is 0 Å². The Balaban J connectivity index is 1.80. The van der Waals surface area contributed by atoms with Gasteiger partial charge in [-0.2, -0.15) is 0 Å². The lowest BCUT2D eigenvalue weighted by Gasteiger charge is -2.47. The van der Waals surface area contributed by atoms with Crippen molar-refractivity contribution in [3.05, 3.63) is 24.3 Å². The van der Waals surface area contributed by atoms with E-state index in [0.29, 0.717) is 23.8 Å². The van der Waals surface area contributed by atoms with Crippen LogP contribution >= 0.6 is 11.8 Å². The van der Waals surface area contributed by atoms with Crippen molar-refractivity contribution in [3.8, 4) is 5.75 Å². The molecule has 44 heavy (non-hydrogen) atoms. The second kappa shape index (κ2) is 17.6. The average Bonchev–Trinajstić information content (AvgIpc) is 2.99. The van der Waals surface area contributed by atoms with Crippen molar-refractivity contribution in [1.82, 2.24) is 10.6 Å². The van der Waals surface area contributed by atoms with Gasteiger partial charge in [0.25, 0.3) is 5.91 Å². The third-order valence-corrected chi connectivity index (χ3v) is 8.17. The van der Waals surface area contributed by atoms with Crippen molar-refractivity contribution in [3.63, 3.8) is 0 Å². The van der Waals surface area contributed by atoms with Gasteiger partial charge in [-0.25, -0.2) is 0 Å². The normalized spacial score (nSPS) is 32.3. The van der Waals surface area contributed by atoms with Crippen LogP contribution in [0.25, 0.3) is 0 Å². The molecular weight excluding hydrogens is 604 g/mol. The SMILES string of the molecule is COCCNC(=O)COc1ccc(S[C@H]2O[C@H](CO)[C@@H](O)[C@H](O[C@H]3O[C@H](CO)[C@H](O)[C@H](O)[C@H]3O)[C@H]2NC(=O)CC(C)C)cc1. The van der Waals surface area contributed by atoms with Crippen LogP contribution in [0.5, 0.6) is 5.75 Å². The van der Waals surface area contributed by atoms with E-state index in [-0.39, 0.29) is 30.8 Å². The van der Waals surface area contributed by atoms with Crippen molar-refractivity contribution < 1.29 is 63.9 Å². The van der Waals surface area contributed by atoms with Gasteiger partial charge in [0.2, 0.25) is 5.91 Å². The number of methoxy groups -OCH3 is 1. The molecule has 0 aliphatic carbocycles. The van der Waals surface area contributed by atoms with E-state index in [4.69, 9.17) is 23.7 Å². The maximum absolute atomic E-state index is 12.9. The van der Waals surface area contributed by atoms with E-state index in [2.05, 4.69) is 10.6 Å². The van der Waals surface area contributed by atoms with Gasteiger partial charge in [0, 0.05) is 25.0 Å². The number of benzene rings is 1. The Kier molecular flexibility index (Phi) is 14.5. The molecule has 15 nitrogen and oxygen atoms in total. The van der Waals surface area contributed by atoms with Crippen molar-refractivity contribution >= 4 is 23.6 Å². The maximum atomic E-state index is 12.9. The molecule has 10 atom stereocenters. The molecule has 2 fully saturated rings. The molecule has 0 bridgehead atoms. The largest absolute Gasteiger partial charge is 0.484 e. The molecule has 2 amide bonds. The van der Waals surface area contributed by atoms with Gasteiger partial charge in [0.15, 0.2) is 12.9 Å². The fraction of sp³-hybridized carbons (Fsp3) is 0.714. The van der Waals surface area contributed by atoms with Crippen LogP contribution in [0, 0.1) is 5.92 Å². The van der Waals surface area contributed by atoms with Crippen molar-refractivity contribution in [1.29, 1.82) is 0 Å². The third-order valence-electron chi connectivity index (χ3n) is 6.99. The summed E-state index contributed by atoms with van der Waals surface area (Å²) in [7, 11) is 1.53. The van der Waals surface area contributed by atoms with Crippen molar-refractivity contribution in [2.45, 2.75) is 85.7 Å². The summed E-state index contributed by atoms with van der Waals surface area (Å²) in [5.74, 6) is -0.255. The van der Waals surface area contributed by atoms with Gasteiger partial charge < -0.3 is 65.0 Å². The first-order valence-electron chi connectivity index (χ1n) is 14.3. The predicted octanol–water partition coefficient (Wildman–Crippen LogP) is -2.29. The molecule has 2 heterocycles. The zero-order chi connectivity index (χ0) is 32.4. The summed E-state index contributed by atoms with van der Waals surface area (Å²) >= 11 is 1.15. The molecule has 0 saturated carbocycles. The number of rotatable bonds is 15. The van der Waals surface area contributed by atoms with Gasteiger partial charge >= 0.3 is 0 Å². The van der Waals surface area contributed by atoms with E-state index in [1.165, 1.54) is 7.11 Å². The fourth-order valence-electron chi connectivity index (χ4n) is 4.67. The van der Waals surface area contributed by atoms with Gasteiger partial charge in [-0.15, -0.1) is 0 Å². The highest BCUT2D eigenvalue weighted by Crippen LogP contribution is 2.37. The van der Waals surface area contributed by atoms with Crippen molar-refractivity contribution in [2.24, 2.45) is 5.92 Å². The van der Waals surface area contributed by atoms with E-state index in [1.807, 2.05) is 13.8 Å². The monoisotopic (exact) mass is 648 g/mol. The molecule has 0 aromatic heterocycles. The molecule has 0 radical (unpaired) electrons. The summed E-state index contributed by atoms with van der Waals surface area (Å²) in [6.07, 6.45) is -11.8. The Morgan fingerprint density at radius 3 is 2.20 bits per heavy atom. The summed E-state index contributed by atoms with van der Waals surface area (Å²) in [5.41, 5.74) is -0.931. The summed E-state index contributed by atoms with van der Waals surface area (Å²) in [6.45, 7) is 2.95. The number of ether oxygens (including phenoxy) is 5. The number of aliphatic hydroxyl groups excluding tert-OH is 6. The predicted molar refractivity (Wildman–Crippen MR) is 154 cm³/mol. The Morgan fingerprint density at radius 2 is 1.59 bits per heavy atom. The van der Waals surface area contributed by atoms with E-state index in [1.54, 1.807) is 24.3 Å². The molecule has 2 saturated heterocycles. The van der Waals surface area contributed by atoms with Gasteiger partial charge in [0.05, 0.1) is 25.9 Å². The van der Waals surface area contributed by atoms with Crippen LogP contribution in [0.4, 0.5) is 0 Å². The molecule has 0 unspecified atom stereocenters. The second-order valence-corrected chi connectivity index (χ2v) is 12.1. The highest BCUT2D eigenvalue weighted by atomic mass is 32.2. The number of amides is 2. The number of carbonyl (C=O) groups is 2. The average molecular weight is 649 g/mol. The second-order valence-electron chi connectivity index (χ2n) is 10.9. The standard InChI is InChI=1S/C28H44N2O13S/c1-14(2)10-19(33)30-21-26(43-27-25(38)24(37)22(35)17(11-31)41-27)23(36)18(12-32)42-28(21)44-16-6-4-15(5-7-16)40-13-20(34)29-8-9-39-3/h4-7,14,17-18,21-28,31-32,35-38H,8-13H2,1-3H3,(H,29,34)(H,30,33)/t17-,18-,21-,22+,23-,24+,25-,26-,27-,28-/m1/s1. The molecule has 0 spiro atoms. The van der Waals surface area contributed by atoms with Crippen LogP contribution in [0.1, 0.15) is 20.3 Å². The zero-order valence-corrected chi connectivity index (χ0v) is 25.7. The first-order chi connectivity index (χ1) is 21.0. The van der Waals surface area contributed by atoms with E-state index < -0.39 is 73.7 Å². The molecule has 2 aliphatic rings. The molecule has 2 aliphatic heterocycles. The van der Waals surface area contributed by atoms with Crippen LogP contribution in [-0.4, -0.2) is 143 Å². The number of carbonyl (C=O) groups excluding carboxylic acids is 2. The maximum Gasteiger partial charge on any atom is 0.258 e. The summed E-state index contributed by atoms with van der Waals surface area (Å²) in [4.78, 5) is 25.5. The summed E-state index contributed by atoms with van der Waals surface area (Å²) < 4.78 is 27.8. The number of hydrogen-bond acceptors (Lipinski definition) is 14. The number of hydrogen-bond donors (Lipinski definition) is 8. The van der Waals surface area contributed by atoms with Gasteiger partial charge in [-0.1, -0.05) is 25.6 Å². The number of nitrogens with one attached hydrogen (secondary N) is 2. The Hall–Kier alpha value is -2.09. The van der Waals surface area contributed by atoms with E-state index >= 15 is 0 Å². The minimum absolute atomic E-state index is 0.000135. The van der Waals surface area contributed by atoms with Gasteiger partial charge in [-0.05, 0) is 30.2 Å². The minimum atomic E-state index is -1.76. The van der Waals surface area contributed by atoms with Crippen molar-refractivity contribution in [2.75, 3.05) is 40.1 Å². The lowest BCUT2D eigenvalue weighted by atomic mass is 9.96. The lowest BCUT2D eigenvalue weighted by molar-refractivity contribution is -0.329. The highest BCUT2D eigenvalue weighted by molar-refractivity contribution is 7.99. The Bertz CT molecular complexity index is 1030. The molecule has 3 rings (SSSR count). The zero-order valence-electron chi connectivity index (χ0n) is 24.9. The lowest BCUT2D eigenvalue weighted by Crippen LogP contribution is -2.67. The molecule has 1 aromatic rings. The van der Waals surface area contributed by atoms with Gasteiger partial charge in [0.1, 0.15) is 53.9 Å². The third kappa shape index (κ3) is 9.95. The highest BCUT2D eigenvalue weighted by Gasteiger charge is 2.51. The molecule has 16 heteroatoms. The topological polar surface area (TPSA) is 226 Å². The van der Waals surface area contributed by atoms with Crippen LogP contribution in [0.3, 0.4) is 0 Å². The van der Waals surface area contributed by atoms with Gasteiger partial charge in [-0.3, -0.25) is 9.59 Å². The quantitative estimate of drug-likeness (QED) is 0.0938. The molecule has 1 aromatic carbocycles. The summed E-state index contributed by atoms with van der Waals surface area (Å²) in [6, 6.07) is 5.63. The molecule has 8 N–H and O–H groups in total. The summed E-state index contributed by atoms with van der Waals surface area (Å²) in [5, 5.41) is 67.1. The Labute approximate surface area is 259 Å². The van der Waals surface area contributed by atoms with Crippen LogP contribution in [-0.2, 0) is 28.5 Å². The van der Waals surface area contributed by atoms with Crippen LogP contribution in [0.15, 0.2) is 29.2 Å². The Morgan fingerprint density at radius 1 is 0.932 bits per heavy atom. The van der Waals surface area contributed by atoms with E-state index in [0.717, 1.165) is 11.8 Å². The van der Waals surface area contributed by atoms with E-state index in [9.17, 15) is 40.2 Å². The first-order valence-corrected chi connectivity index (χ1v) is 15.2. The smallest absolute Gasteiger partial charge is 0.258 e. The number of aliphatic hydroxyl groups is 6. The molecular formula is C28H44N2O13S. The fourth-order valence-corrected chi connectivity index (χ4v) is 5.80. The first kappa shape index (κ1) is 36.4. The minimum Gasteiger partial charge on any atom is -0.484 e. The number of thioether (sulfide) groups is 1.